The van der Waals surface area contributed by atoms with Gasteiger partial charge in [-0.3, -0.25) is 4.79 Å². The van der Waals surface area contributed by atoms with Gasteiger partial charge in [0.2, 0.25) is 0 Å². The Morgan fingerprint density at radius 1 is 1.36 bits per heavy atom. The SMILES string of the molecule is CC(C)(CCN1CCCC1)CC(=O)O. The Morgan fingerprint density at radius 2 is 1.93 bits per heavy atom. The van der Waals surface area contributed by atoms with E-state index in [-0.39, 0.29) is 11.8 Å². The van der Waals surface area contributed by atoms with E-state index in [0.29, 0.717) is 0 Å². The van der Waals surface area contributed by atoms with Gasteiger partial charge in [0.05, 0.1) is 6.42 Å². The summed E-state index contributed by atoms with van der Waals surface area (Å²) < 4.78 is 0. The van der Waals surface area contributed by atoms with Gasteiger partial charge in [0, 0.05) is 0 Å². The van der Waals surface area contributed by atoms with Crippen LogP contribution in [0.25, 0.3) is 0 Å². The number of carbonyl (C=O) groups is 1. The number of nitrogens with zero attached hydrogens (tertiary/aromatic N) is 1. The van der Waals surface area contributed by atoms with Crippen LogP contribution in [-0.2, 0) is 4.79 Å². The topological polar surface area (TPSA) is 40.5 Å². The van der Waals surface area contributed by atoms with Crippen molar-refractivity contribution in [2.45, 2.75) is 39.5 Å². The molecule has 0 radical (unpaired) electrons. The van der Waals surface area contributed by atoms with Gasteiger partial charge in [-0.05, 0) is 44.3 Å². The Kier molecular flexibility index (Phi) is 3.93. The van der Waals surface area contributed by atoms with Crippen molar-refractivity contribution in [3.05, 3.63) is 0 Å². The molecule has 0 amide bonds. The Bertz CT molecular complexity index is 195. The van der Waals surface area contributed by atoms with E-state index in [0.717, 1.165) is 13.0 Å². The number of carboxylic acid groups (broad SMARTS) is 1. The second-order valence-electron chi connectivity index (χ2n) is 5.03. The number of aliphatic carboxylic acids is 1. The lowest BCUT2D eigenvalue weighted by Crippen LogP contribution is -2.27. The Hall–Kier alpha value is -0.570. The molecule has 0 bridgehead atoms. The molecule has 14 heavy (non-hydrogen) atoms. The van der Waals surface area contributed by atoms with Gasteiger partial charge >= 0.3 is 5.97 Å². The van der Waals surface area contributed by atoms with E-state index in [1.807, 2.05) is 13.8 Å². The third kappa shape index (κ3) is 4.09. The highest BCUT2D eigenvalue weighted by Gasteiger charge is 2.23. The maximum atomic E-state index is 10.6. The maximum Gasteiger partial charge on any atom is 0.303 e. The minimum atomic E-state index is -0.684. The molecule has 1 aliphatic heterocycles. The van der Waals surface area contributed by atoms with E-state index in [4.69, 9.17) is 5.11 Å². The molecule has 0 aromatic heterocycles. The molecule has 1 N–H and O–H groups in total. The number of rotatable bonds is 5. The van der Waals surface area contributed by atoms with E-state index in [1.54, 1.807) is 0 Å². The highest BCUT2D eigenvalue weighted by molar-refractivity contribution is 5.67. The molecular formula is C11H21NO2. The first-order chi connectivity index (χ1) is 6.49. The van der Waals surface area contributed by atoms with Crippen molar-refractivity contribution >= 4 is 5.97 Å². The predicted molar refractivity (Wildman–Crippen MR) is 56.3 cm³/mol. The first-order valence-electron chi connectivity index (χ1n) is 5.44. The minimum Gasteiger partial charge on any atom is -0.481 e. The molecule has 1 fully saturated rings. The van der Waals surface area contributed by atoms with E-state index in [9.17, 15) is 4.79 Å². The van der Waals surface area contributed by atoms with Crippen LogP contribution in [-0.4, -0.2) is 35.6 Å². The van der Waals surface area contributed by atoms with E-state index in [1.165, 1.54) is 25.9 Å². The average Bonchev–Trinajstić information content (AvgIpc) is 2.50. The van der Waals surface area contributed by atoms with Crippen LogP contribution in [0.3, 0.4) is 0 Å². The van der Waals surface area contributed by atoms with Crippen LogP contribution in [0.5, 0.6) is 0 Å². The summed E-state index contributed by atoms with van der Waals surface area (Å²) in [5.74, 6) is -0.684. The first-order valence-corrected chi connectivity index (χ1v) is 5.44. The zero-order valence-corrected chi connectivity index (χ0v) is 9.25. The van der Waals surface area contributed by atoms with Crippen molar-refractivity contribution in [2.24, 2.45) is 5.41 Å². The van der Waals surface area contributed by atoms with E-state index >= 15 is 0 Å². The van der Waals surface area contributed by atoms with Crippen LogP contribution in [0, 0.1) is 5.41 Å². The monoisotopic (exact) mass is 199 g/mol. The lowest BCUT2D eigenvalue weighted by molar-refractivity contribution is -0.139. The average molecular weight is 199 g/mol. The van der Waals surface area contributed by atoms with Gasteiger partial charge in [-0.2, -0.15) is 0 Å². The fourth-order valence-corrected chi connectivity index (χ4v) is 1.96. The summed E-state index contributed by atoms with van der Waals surface area (Å²) in [6, 6.07) is 0. The van der Waals surface area contributed by atoms with Crippen LogP contribution >= 0.6 is 0 Å². The lowest BCUT2D eigenvalue weighted by atomic mass is 9.85. The zero-order valence-electron chi connectivity index (χ0n) is 9.25. The van der Waals surface area contributed by atoms with Crippen LogP contribution in [0.1, 0.15) is 39.5 Å². The van der Waals surface area contributed by atoms with Crippen LogP contribution in [0.15, 0.2) is 0 Å². The second-order valence-corrected chi connectivity index (χ2v) is 5.03. The fraction of sp³-hybridized carbons (Fsp3) is 0.909. The van der Waals surface area contributed by atoms with Crippen LogP contribution in [0.2, 0.25) is 0 Å². The smallest absolute Gasteiger partial charge is 0.303 e. The number of hydrogen-bond acceptors (Lipinski definition) is 2. The number of carboxylic acids is 1. The van der Waals surface area contributed by atoms with Gasteiger partial charge in [-0.25, -0.2) is 0 Å². The normalized spacial score (nSPS) is 18.7. The Morgan fingerprint density at radius 3 is 2.43 bits per heavy atom. The van der Waals surface area contributed by atoms with Crippen molar-refractivity contribution in [1.29, 1.82) is 0 Å². The van der Waals surface area contributed by atoms with E-state index in [2.05, 4.69) is 4.90 Å². The van der Waals surface area contributed by atoms with Crippen LogP contribution < -0.4 is 0 Å². The van der Waals surface area contributed by atoms with Gasteiger partial charge < -0.3 is 10.0 Å². The molecule has 82 valence electrons. The molecule has 3 nitrogen and oxygen atoms in total. The van der Waals surface area contributed by atoms with Gasteiger partial charge in [0.25, 0.3) is 0 Å². The molecule has 0 saturated carbocycles. The summed E-state index contributed by atoms with van der Waals surface area (Å²) in [5, 5.41) is 8.73. The molecule has 1 saturated heterocycles. The van der Waals surface area contributed by atoms with Crippen molar-refractivity contribution in [3.8, 4) is 0 Å². The van der Waals surface area contributed by atoms with Gasteiger partial charge in [-0.1, -0.05) is 13.8 Å². The van der Waals surface area contributed by atoms with Crippen molar-refractivity contribution in [3.63, 3.8) is 0 Å². The Labute approximate surface area is 86.1 Å². The number of likely N-dealkylation sites (tertiary alicyclic amines) is 1. The maximum absolute atomic E-state index is 10.6. The summed E-state index contributed by atoms with van der Waals surface area (Å²) >= 11 is 0. The zero-order chi connectivity index (χ0) is 10.6. The third-order valence-corrected chi connectivity index (χ3v) is 2.93. The molecular weight excluding hydrogens is 178 g/mol. The predicted octanol–water partition coefficient (Wildman–Crippen LogP) is 1.97. The van der Waals surface area contributed by atoms with E-state index < -0.39 is 5.97 Å². The molecule has 0 aromatic carbocycles. The van der Waals surface area contributed by atoms with Crippen molar-refractivity contribution < 1.29 is 9.90 Å². The molecule has 1 aliphatic rings. The molecule has 1 rings (SSSR count). The Balaban J connectivity index is 2.23. The summed E-state index contributed by atoms with van der Waals surface area (Å²) in [4.78, 5) is 13.0. The minimum absolute atomic E-state index is 0.0611. The summed E-state index contributed by atoms with van der Waals surface area (Å²) in [6.07, 6.45) is 3.87. The second kappa shape index (κ2) is 4.78. The van der Waals surface area contributed by atoms with Crippen molar-refractivity contribution in [1.82, 2.24) is 4.90 Å². The first kappa shape index (κ1) is 11.5. The molecule has 0 atom stereocenters. The summed E-state index contributed by atoms with van der Waals surface area (Å²) in [6.45, 7) is 7.53. The quantitative estimate of drug-likeness (QED) is 0.736. The summed E-state index contributed by atoms with van der Waals surface area (Å²) in [5.41, 5.74) is -0.0611. The molecule has 0 spiro atoms. The van der Waals surface area contributed by atoms with Gasteiger partial charge in [0.15, 0.2) is 0 Å². The molecule has 1 heterocycles. The number of hydrogen-bond donors (Lipinski definition) is 1. The highest BCUT2D eigenvalue weighted by Crippen LogP contribution is 2.25. The molecule has 3 heteroatoms. The van der Waals surface area contributed by atoms with Gasteiger partial charge in [0.1, 0.15) is 0 Å². The summed E-state index contributed by atoms with van der Waals surface area (Å²) in [7, 11) is 0. The van der Waals surface area contributed by atoms with Crippen molar-refractivity contribution in [2.75, 3.05) is 19.6 Å². The lowest BCUT2D eigenvalue weighted by Gasteiger charge is -2.25. The molecule has 0 unspecified atom stereocenters. The third-order valence-electron chi connectivity index (χ3n) is 2.93. The van der Waals surface area contributed by atoms with Crippen LogP contribution in [0.4, 0.5) is 0 Å². The molecule has 0 aromatic rings. The highest BCUT2D eigenvalue weighted by atomic mass is 16.4. The molecule has 0 aliphatic carbocycles. The fourth-order valence-electron chi connectivity index (χ4n) is 1.96. The standard InChI is InChI=1S/C11H21NO2/c1-11(2,9-10(13)14)5-8-12-6-3-4-7-12/h3-9H2,1-2H3,(H,13,14). The largest absolute Gasteiger partial charge is 0.481 e. The van der Waals surface area contributed by atoms with Gasteiger partial charge in [-0.15, -0.1) is 0 Å².